The first-order valence-electron chi connectivity index (χ1n) is 6.77. The molecule has 8 N–H and O–H groups in total. The second-order valence-electron chi connectivity index (χ2n) is 5.52. The smallest absolute Gasteiger partial charge is 0.295 e. The number of hydrogen-bond acceptors (Lipinski definition) is 8. The van der Waals surface area contributed by atoms with Crippen LogP contribution in [-0.2, 0) is 20.2 Å². The van der Waals surface area contributed by atoms with E-state index in [1.807, 2.05) is 0 Å². The summed E-state index contributed by atoms with van der Waals surface area (Å²) in [5, 5.41) is 19.3. The lowest BCUT2D eigenvalue weighted by molar-refractivity contribution is 0.477. The molecule has 26 heavy (non-hydrogen) atoms. The average Bonchev–Trinajstić information content (AvgIpc) is 2.51. The van der Waals surface area contributed by atoms with E-state index in [-0.39, 0.29) is 21.5 Å². The number of fused-ring (bicyclic) bond motifs is 2. The topological polar surface area (TPSA) is 201 Å². The van der Waals surface area contributed by atoms with Crippen molar-refractivity contribution in [1.82, 2.24) is 0 Å². The van der Waals surface area contributed by atoms with Crippen LogP contribution in [0.15, 0.2) is 34.1 Å². The minimum atomic E-state index is -4.77. The summed E-state index contributed by atoms with van der Waals surface area (Å²) in [5.41, 5.74) is 10.3. The maximum absolute atomic E-state index is 11.6. The number of rotatable bonds is 2. The minimum absolute atomic E-state index is 0.223. The highest BCUT2D eigenvalue weighted by Crippen LogP contribution is 2.43. The molecule has 0 aliphatic heterocycles. The fraction of sp³-hybridized carbons (Fsp3) is 0. The van der Waals surface area contributed by atoms with Gasteiger partial charge >= 0.3 is 0 Å². The Kier molecular flexibility index (Phi) is 3.70. The Labute approximate surface area is 146 Å². The summed E-state index contributed by atoms with van der Waals surface area (Å²) in [4.78, 5) is -1.33. The Morgan fingerprint density at radius 3 is 1.19 bits per heavy atom. The summed E-state index contributed by atoms with van der Waals surface area (Å²) < 4.78 is 65.3. The molecule has 12 heteroatoms. The van der Waals surface area contributed by atoms with Crippen LogP contribution in [0.2, 0.25) is 0 Å². The van der Waals surface area contributed by atoms with Gasteiger partial charge < -0.3 is 21.7 Å². The van der Waals surface area contributed by atoms with E-state index < -0.39 is 52.9 Å². The van der Waals surface area contributed by atoms with E-state index in [9.17, 15) is 36.2 Å². The first kappa shape index (κ1) is 18.0. The highest BCUT2D eigenvalue weighted by Gasteiger charge is 2.23. The van der Waals surface area contributed by atoms with Gasteiger partial charge in [0.25, 0.3) is 20.2 Å². The lowest BCUT2D eigenvalue weighted by Crippen LogP contribution is -2.03. The van der Waals surface area contributed by atoms with Gasteiger partial charge in [0.15, 0.2) is 0 Å². The van der Waals surface area contributed by atoms with Crippen LogP contribution in [0.25, 0.3) is 21.5 Å². The van der Waals surface area contributed by atoms with Gasteiger partial charge in [-0.2, -0.15) is 16.8 Å². The number of nitrogen functional groups attached to an aromatic ring is 2. The van der Waals surface area contributed by atoms with Crippen molar-refractivity contribution in [3.63, 3.8) is 0 Å². The molecule has 0 amide bonds. The van der Waals surface area contributed by atoms with Gasteiger partial charge in [-0.25, -0.2) is 0 Å². The molecule has 0 atom stereocenters. The van der Waals surface area contributed by atoms with Gasteiger partial charge in [-0.15, -0.1) is 0 Å². The number of benzene rings is 3. The van der Waals surface area contributed by atoms with Gasteiger partial charge in [0, 0.05) is 21.5 Å². The molecular formula is C14H12N2O8S2. The molecule has 0 aliphatic rings. The second-order valence-corrected chi connectivity index (χ2v) is 8.30. The van der Waals surface area contributed by atoms with E-state index in [2.05, 4.69) is 0 Å². The summed E-state index contributed by atoms with van der Waals surface area (Å²) in [6.45, 7) is 0. The predicted octanol–water partition coefficient (Wildman–Crippen LogP) is 1.06. The number of phenols is 2. The van der Waals surface area contributed by atoms with Crippen LogP contribution in [0, 0.1) is 0 Å². The lowest BCUT2D eigenvalue weighted by atomic mass is 10.0. The Morgan fingerprint density at radius 1 is 0.615 bits per heavy atom. The van der Waals surface area contributed by atoms with E-state index in [1.165, 1.54) is 0 Å². The molecule has 0 fully saturated rings. The highest BCUT2D eigenvalue weighted by molar-refractivity contribution is 7.86. The fourth-order valence-corrected chi connectivity index (χ4v) is 4.16. The van der Waals surface area contributed by atoms with Crippen molar-refractivity contribution in [2.24, 2.45) is 0 Å². The number of phenolic OH excluding ortho intramolecular Hbond substituents is 2. The van der Waals surface area contributed by atoms with Crippen LogP contribution in [0.1, 0.15) is 0 Å². The van der Waals surface area contributed by atoms with Crippen LogP contribution in [-0.4, -0.2) is 36.2 Å². The second kappa shape index (κ2) is 5.35. The molecular weight excluding hydrogens is 388 g/mol. The molecule has 0 saturated heterocycles. The Balaban J connectivity index is 2.70. The highest BCUT2D eigenvalue weighted by atomic mass is 32.2. The van der Waals surface area contributed by atoms with Crippen molar-refractivity contribution in [1.29, 1.82) is 0 Å². The third-order valence-corrected chi connectivity index (χ3v) is 5.66. The molecule has 0 saturated carbocycles. The molecule has 0 spiro atoms. The zero-order valence-electron chi connectivity index (χ0n) is 12.7. The number of hydrogen-bond donors (Lipinski definition) is 6. The SMILES string of the molecule is Nc1cc(S(=O)(=O)O)c2cc3c(O)c(N)cc(S(=O)(=O)O)c3cc2c1O. The summed E-state index contributed by atoms with van der Waals surface area (Å²) in [6.07, 6.45) is 0. The van der Waals surface area contributed by atoms with Gasteiger partial charge in [-0.05, 0) is 24.3 Å². The van der Waals surface area contributed by atoms with E-state index in [0.717, 1.165) is 24.3 Å². The first-order valence-corrected chi connectivity index (χ1v) is 9.65. The Bertz CT molecular complexity index is 1210. The van der Waals surface area contributed by atoms with E-state index in [1.54, 1.807) is 0 Å². The van der Waals surface area contributed by atoms with Crippen LogP contribution in [0.3, 0.4) is 0 Å². The Hall–Kier alpha value is -2.80. The normalized spacial score (nSPS) is 12.7. The van der Waals surface area contributed by atoms with Gasteiger partial charge in [0.1, 0.15) is 21.3 Å². The third-order valence-electron chi connectivity index (χ3n) is 3.87. The molecule has 0 aliphatic carbocycles. The van der Waals surface area contributed by atoms with Crippen molar-refractivity contribution >= 4 is 53.2 Å². The van der Waals surface area contributed by atoms with Crippen molar-refractivity contribution < 1.29 is 36.2 Å². The van der Waals surface area contributed by atoms with Crippen molar-refractivity contribution in [2.75, 3.05) is 11.5 Å². The maximum atomic E-state index is 11.6. The monoisotopic (exact) mass is 400 g/mol. The summed E-state index contributed by atoms with van der Waals surface area (Å²) in [6, 6.07) is 3.64. The molecule has 0 unspecified atom stereocenters. The van der Waals surface area contributed by atoms with Crippen molar-refractivity contribution in [2.45, 2.75) is 9.79 Å². The molecule has 3 aromatic carbocycles. The van der Waals surface area contributed by atoms with Crippen molar-refractivity contribution in [3.8, 4) is 11.5 Å². The van der Waals surface area contributed by atoms with Crippen LogP contribution in [0.5, 0.6) is 11.5 Å². The zero-order chi connectivity index (χ0) is 19.6. The molecule has 3 aromatic rings. The lowest BCUT2D eigenvalue weighted by Gasteiger charge is -2.13. The average molecular weight is 400 g/mol. The van der Waals surface area contributed by atoms with Gasteiger partial charge in [-0.3, -0.25) is 9.11 Å². The maximum Gasteiger partial charge on any atom is 0.295 e. The van der Waals surface area contributed by atoms with Crippen LogP contribution < -0.4 is 11.5 Å². The largest absolute Gasteiger partial charge is 0.505 e. The quantitative estimate of drug-likeness (QED) is 0.156. The van der Waals surface area contributed by atoms with Gasteiger partial charge in [0.05, 0.1) is 11.4 Å². The molecule has 0 heterocycles. The number of aromatic hydroxyl groups is 2. The summed E-state index contributed by atoms with van der Waals surface area (Å²) in [7, 11) is -9.54. The summed E-state index contributed by atoms with van der Waals surface area (Å²) in [5.74, 6) is -1.15. The number of nitrogens with two attached hydrogens (primary N) is 2. The minimum Gasteiger partial charge on any atom is -0.505 e. The number of anilines is 2. The zero-order valence-corrected chi connectivity index (χ0v) is 14.3. The van der Waals surface area contributed by atoms with Crippen LogP contribution >= 0.6 is 0 Å². The fourth-order valence-electron chi connectivity index (χ4n) is 2.71. The van der Waals surface area contributed by atoms with Crippen LogP contribution in [0.4, 0.5) is 11.4 Å². The Morgan fingerprint density at radius 2 is 0.923 bits per heavy atom. The molecule has 3 rings (SSSR count). The van der Waals surface area contributed by atoms with Gasteiger partial charge in [-0.1, -0.05) is 0 Å². The first-order chi connectivity index (χ1) is 11.8. The van der Waals surface area contributed by atoms with E-state index in [4.69, 9.17) is 11.5 Å². The molecule has 0 aromatic heterocycles. The third kappa shape index (κ3) is 2.64. The van der Waals surface area contributed by atoms with E-state index in [0.29, 0.717) is 0 Å². The molecule has 0 bridgehead atoms. The molecule has 0 radical (unpaired) electrons. The molecule has 138 valence electrons. The van der Waals surface area contributed by atoms with Gasteiger partial charge in [0.2, 0.25) is 0 Å². The standard InChI is InChI=1S/C14H12N2O8S2/c15-9-4-12(26(22,23)24)6-2-8-5(1-7(6)13(9)17)11(25(19,20)21)3-10(16)14(8)18/h1-4,17-18H,15-16H2,(H,19,20,21)(H,22,23,24). The van der Waals surface area contributed by atoms with Crippen molar-refractivity contribution in [3.05, 3.63) is 24.3 Å². The molecule has 10 nitrogen and oxygen atoms in total. The van der Waals surface area contributed by atoms with E-state index >= 15 is 0 Å². The predicted molar refractivity (Wildman–Crippen MR) is 93.2 cm³/mol. The summed E-state index contributed by atoms with van der Waals surface area (Å²) >= 11 is 0.